The number of benzene rings is 9. The molecule has 1 aromatic heterocycles. The van der Waals surface area contributed by atoms with Crippen LogP contribution in [0.25, 0.3) is 86.6 Å². The molecule has 2 heteroatoms. The van der Waals surface area contributed by atoms with Crippen LogP contribution in [0.3, 0.4) is 0 Å². The molecule has 1 heterocycles. The predicted molar refractivity (Wildman–Crippen MR) is 232 cm³/mol. The Bertz CT molecular complexity index is 3000. The molecular formula is C52H33NS. The van der Waals surface area contributed by atoms with Crippen LogP contribution in [0.5, 0.6) is 0 Å². The van der Waals surface area contributed by atoms with Gasteiger partial charge in [-0.15, -0.1) is 11.3 Å². The van der Waals surface area contributed by atoms with E-state index in [1.54, 1.807) is 0 Å². The lowest BCUT2D eigenvalue weighted by Crippen LogP contribution is -2.10. The predicted octanol–water partition coefficient (Wildman–Crippen LogP) is 15.3. The molecule has 0 N–H and O–H groups in total. The first-order valence-corrected chi connectivity index (χ1v) is 19.3. The first-order chi connectivity index (χ1) is 26.8. The molecule has 0 saturated carbocycles. The minimum absolute atomic E-state index is 1.12. The van der Waals surface area contributed by atoms with Crippen LogP contribution in [-0.4, -0.2) is 0 Å². The zero-order valence-corrected chi connectivity index (χ0v) is 30.2. The summed E-state index contributed by atoms with van der Waals surface area (Å²) in [4.78, 5) is 4.98. The van der Waals surface area contributed by atoms with E-state index in [2.05, 4.69) is 205 Å². The summed E-state index contributed by atoms with van der Waals surface area (Å²) in [6, 6.07) is 73.5. The van der Waals surface area contributed by atoms with Crippen LogP contribution in [0.4, 0.5) is 17.1 Å². The number of anilines is 3. The molecule has 252 valence electrons. The second-order valence-electron chi connectivity index (χ2n) is 14.1. The second kappa shape index (κ2) is 12.4. The molecule has 11 rings (SSSR count). The Morgan fingerprint density at radius 2 is 0.852 bits per heavy atom. The lowest BCUT2D eigenvalue weighted by atomic mass is 9.97. The summed E-state index contributed by atoms with van der Waals surface area (Å²) in [5.74, 6) is 0. The Balaban J connectivity index is 1.03. The zero-order chi connectivity index (χ0) is 35.6. The van der Waals surface area contributed by atoms with Gasteiger partial charge in [-0.1, -0.05) is 152 Å². The third kappa shape index (κ3) is 4.99. The molecular weight excluding hydrogens is 671 g/mol. The van der Waals surface area contributed by atoms with Crippen molar-refractivity contribution in [1.29, 1.82) is 0 Å². The summed E-state index contributed by atoms with van der Waals surface area (Å²) < 4.78 is 0. The fourth-order valence-electron chi connectivity index (χ4n) is 8.43. The maximum atomic E-state index is 2.43. The van der Waals surface area contributed by atoms with Crippen molar-refractivity contribution in [2.24, 2.45) is 0 Å². The van der Waals surface area contributed by atoms with E-state index in [9.17, 15) is 0 Å². The highest BCUT2D eigenvalue weighted by Crippen LogP contribution is 2.51. The Morgan fingerprint density at radius 3 is 1.59 bits per heavy atom. The minimum atomic E-state index is 1.12. The fraction of sp³-hybridized carbons (Fsp3) is 0. The molecule has 0 aliphatic heterocycles. The molecule has 0 radical (unpaired) electrons. The molecule has 1 aliphatic carbocycles. The van der Waals surface area contributed by atoms with Crippen LogP contribution in [0, 0.1) is 0 Å². The smallest absolute Gasteiger partial charge is 0.0540 e. The Morgan fingerprint density at radius 1 is 0.315 bits per heavy atom. The maximum Gasteiger partial charge on any atom is 0.0540 e. The van der Waals surface area contributed by atoms with Crippen LogP contribution in [0.15, 0.2) is 200 Å². The number of rotatable bonds is 6. The number of thiophene rings is 1. The molecule has 0 amide bonds. The fourth-order valence-corrected chi connectivity index (χ4v) is 9.44. The van der Waals surface area contributed by atoms with Gasteiger partial charge in [0.15, 0.2) is 0 Å². The largest absolute Gasteiger partial charge is 0.310 e. The highest BCUT2D eigenvalue weighted by molar-refractivity contribution is 7.18. The van der Waals surface area contributed by atoms with E-state index >= 15 is 0 Å². The minimum Gasteiger partial charge on any atom is -0.310 e. The van der Waals surface area contributed by atoms with Gasteiger partial charge in [0.2, 0.25) is 0 Å². The molecule has 0 unspecified atom stereocenters. The Labute approximate surface area is 318 Å². The van der Waals surface area contributed by atoms with Crippen LogP contribution >= 0.6 is 11.3 Å². The van der Waals surface area contributed by atoms with E-state index in [1.807, 2.05) is 11.3 Å². The molecule has 10 aromatic rings. The lowest BCUT2D eigenvalue weighted by molar-refractivity contribution is 1.30. The molecule has 0 fully saturated rings. The topological polar surface area (TPSA) is 3.24 Å². The van der Waals surface area contributed by atoms with Gasteiger partial charge < -0.3 is 4.90 Å². The molecule has 0 atom stereocenters. The van der Waals surface area contributed by atoms with Crippen molar-refractivity contribution in [1.82, 2.24) is 0 Å². The van der Waals surface area contributed by atoms with Gasteiger partial charge in [0.05, 0.1) is 5.69 Å². The van der Waals surface area contributed by atoms with Crippen molar-refractivity contribution in [3.05, 3.63) is 200 Å². The van der Waals surface area contributed by atoms with Crippen LogP contribution in [0.1, 0.15) is 0 Å². The number of fused-ring (bicyclic) bond motifs is 6. The van der Waals surface area contributed by atoms with Crippen molar-refractivity contribution < 1.29 is 0 Å². The van der Waals surface area contributed by atoms with Gasteiger partial charge in [-0.2, -0.15) is 0 Å². The van der Waals surface area contributed by atoms with Gasteiger partial charge >= 0.3 is 0 Å². The normalized spacial score (nSPS) is 11.7. The average Bonchev–Trinajstić information content (AvgIpc) is 3.87. The van der Waals surface area contributed by atoms with Gasteiger partial charge in [-0.3, -0.25) is 0 Å². The summed E-state index contributed by atoms with van der Waals surface area (Å²) in [7, 11) is 0. The SMILES string of the molecule is c1ccc(-c2ccc(-c3ccc(N(c4ccc(-c5ccc6ccc7ccccc7c6c5)cc4)c4ccc5c6c(cccc46)-c4ccccc4-5)cc3)s2)cc1. The van der Waals surface area contributed by atoms with Crippen molar-refractivity contribution in [2.45, 2.75) is 0 Å². The number of hydrogen-bond donors (Lipinski definition) is 0. The van der Waals surface area contributed by atoms with Gasteiger partial charge in [-0.05, 0) is 120 Å². The van der Waals surface area contributed by atoms with Crippen LogP contribution in [0.2, 0.25) is 0 Å². The molecule has 0 spiro atoms. The summed E-state index contributed by atoms with van der Waals surface area (Å²) in [6.07, 6.45) is 0. The van der Waals surface area contributed by atoms with Crippen molar-refractivity contribution in [3.63, 3.8) is 0 Å². The highest BCUT2D eigenvalue weighted by Gasteiger charge is 2.24. The summed E-state index contributed by atoms with van der Waals surface area (Å²) >= 11 is 1.84. The van der Waals surface area contributed by atoms with E-state index in [0.717, 1.165) is 11.4 Å². The van der Waals surface area contributed by atoms with Gasteiger partial charge in [-0.25, -0.2) is 0 Å². The summed E-state index contributed by atoms with van der Waals surface area (Å²) in [6.45, 7) is 0. The van der Waals surface area contributed by atoms with E-state index < -0.39 is 0 Å². The van der Waals surface area contributed by atoms with E-state index in [4.69, 9.17) is 0 Å². The van der Waals surface area contributed by atoms with Gasteiger partial charge in [0, 0.05) is 26.5 Å². The molecule has 1 nitrogen and oxygen atoms in total. The highest BCUT2D eigenvalue weighted by atomic mass is 32.1. The van der Waals surface area contributed by atoms with E-state index in [0.29, 0.717) is 0 Å². The first-order valence-electron chi connectivity index (χ1n) is 18.5. The quantitative estimate of drug-likeness (QED) is 0.156. The third-order valence-electron chi connectivity index (χ3n) is 11.0. The molecule has 1 aliphatic rings. The maximum absolute atomic E-state index is 2.43. The van der Waals surface area contributed by atoms with Crippen molar-refractivity contribution in [2.75, 3.05) is 4.90 Å². The standard InChI is InChI=1S/C52H33NS/c1-2-10-37(11-3-1)50-31-32-51(54-50)38-23-27-41(28-24-38)53(49-30-29-46-44-14-7-6-13-43(44)45-15-8-16-47(49)52(45)46)40-25-21-34(22-26-40)39-20-19-36-18-17-35-9-4-5-12-42(35)48(36)33-39/h1-33H. The average molecular weight is 704 g/mol. The Hall–Kier alpha value is -6.74. The lowest BCUT2D eigenvalue weighted by Gasteiger charge is -2.27. The molecule has 54 heavy (non-hydrogen) atoms. The van der Waals surface area contributed by atoms with Gasteiger partial charge in [0.1, 0.15) is 0 Å². The monoisotopic (exact) mass is 703 g/mol. The third-order valence-corrected chi connectivity index (χ3v) is 12.2. The van der Waals surface area contributed by atoms with Crippen molar-refractivity contribution in [3.8, 4) is 54.3 Å². The van der Waals surface area contributed by atoms with E-state index in [1.165, 1.54) is 92.3 Å². The molecule has 0 saturated heterocycles. The first kappa shape index (κ1) is 30.8. The molecule has 0 bridgehead atoms. The molecule has 9 aromatic carbocycles. The second-order valence-corrected chi connectivity index (χ2v) is 15.2. The van der Waals surface area contributed by atoms with E-state index in [-0.39, 0.29) is 0 Å². The number of nitrogens with zero attached hydrogens (tertiary/aromatic N) is 1. The zero-order valence-electron chi connectivity index (χ0n) is 29.4. The summed E-state index contributed by atoms with van der Waals surface area (Å²) in [5, 5.41) is 7.68. The summed E-state index contributed by atoms with van der Waals surface area (Å²) in [5.41, 5.74) is 13.5. The van der Waals surface area contributed by atoms with Crippen LogP contribution in [-0.2, 0) is 0 Å². The Kier molecular flexibility index (Phi) is 7.11. The number of hydrogen-bond acceptors (Lipinski definition) is 2. The van der Waals surface area contributed by atoms with Crippen molar-refractivity contribution >= 4 is 60.7 Å². The van der Waals surface area contributed by atoms with Crippen LogP contribution < -0.4 is 4.90 Å². The van der Waals surface area contributed by atoms with Gasteiger partial charge in [0.25, 0.3) is 0 Å².